The molecule has 33 heavy (non-hydrogen) atoms. The number of hydrogen-bond donors (Lipinski definition) is 3. The van der Waals surface area contributed by atoms with Crippen molar-refractivity contribution in [3.63, 3.8) is 0 Å². The highest BCUT2D eigenvalue weighted by Crippen LogP contribution is 2.31. The molecule has 0 saturated heterocycles. The van der Waals surface area contributed by atoms with Crippen molar-refractivity contribution in [3.05, 3.63) is 53.6 Å². The van der Waals surface area contributed by atoms with Crippen molar-refractivity contribution in [2.24, 2.45) is 0 Å². The summed E-state index contributed by atoms with van der Waals surface area (Å²) in [6.45, 7) is 1.45. The lowest BCUT2D eigenvalue weighted by Crippen LogP contribution is -2.17. The van der Waals surface area contributed by atoms with E-state index in [1.54, 1.807) is 18.2 Å². The highest BCUT2D eigenvalue weighted by atomic mass is 35.5. The lowest BCUT2D eigenvalue weighted by molar-refractivity contribution is -0.274. The molecule has 1 heterocycles. The Bertz CT molecular complexity index is 1100. The van der Waals surface area contributed by atoms with Crippen LogP contribution in [0.2, 0.25) is 5.02 Å². The molecule has 0 aliphatic carbocycles. The maximum Gasteiger partial charge on any atom is 0.573 e. The number of hydrogen-bond acceptors (Lipinski definition) is 7. The average Bonchev–Trinajstić information content (AvgIpc) is 2.72. The number of halogens is 4. The summed E-state index contributed by atoms with van der Waals surface area (Å²) in [5, 5.41) is 16.0. The molecular weight excluding hydrogens is 459 g/mol. The fourth-order valence-corrected chi connectivity index (χ4v) is 3.15. The number of rotatable bonds is 9. The third-order valence-corrected chi connectivity index (χ3v) is 4.68. The van der Waals surface area contributed by atoms with Gasteiger partial charge in [-0.1, -0.05) is 23.7 Å². The molecule has 2 aromatic carbocycles. The first-order valence-electron chi connectivity index (χ1n) is 9.98. The van der Waals surface area contributed by atoms with Crippen molar-refractivity contribution in [2.75, 3.05) is 37.8 Å². The van der Waals surface area contributed by atoms with E-state index in [2.05, 4.69) is 25.3 Å². The summed E-state index contributed by atoms with van der Waals surface area (Å²) in [7, 11) is 3.94. The van der Waals surface area contributed by atoms with Gasteiger partial charge >= 0.3 is 6.36 Å². The van der Waals surface area contributed by atoms with Gasteiger partial charge in [0.05, 0.1) is 16.4 Å². The molecule has 0 unspecified atom stereocenters. The van der Waals surface area contributed by atoms with Crippen molar-refractivity contribution >= 4 is 29.1 Å². The van der Waals surface area contributed by atoms with Gasteiger partial charge in [-0.25, -0.2) is 4.98 Å². The third kappa shape index (κ3) is 7.69. The number of benzene rings is 2. The van der Waals surface area contributed by atoms with E-state index in [0.717, 1.165) is 13.0 Å². The number of aromatic hydroxyl groups is 1. The predicted octanol–water partition coefficient (Wildman–Crippen LogP) is 5.51. The summed E-state index contributed by atoms with van der Waals surface area (Å²) in [6.07, 6.45) is -3.96. The Hall–Kier alpha value is -3.24. The topological polar surface area (TPSA) is 82.5 Å². The molecule has 176 valence electrons. The second-order valence-corrected chi connectivity index (χ2v) is 7.82. The van der Waals surface area contributed by atoms with Crippen LogP contribution in [-0.4, -0.2) is 53.5 Å². The average molecular weight is 482 g/mol. The minimum Gasteiger partial charge on any atom is -0.508 e. The number of aromatic nitrogens is 2. The van der Waals surface area contributed by atoms with Gasteiger partial charge in [-0.15, -0.1) is 13.2 Å². The van der Waals surface area contributed by atoms with Crippen LogP contribution in [0.25, 0.3) is 11.3 Å². The fraction of sp³-hybridized carbons (Fsp3) is 0.273. The lowest BCUT2D eigenvalue weighted by Gasteiger charge is -2.14. The molecule has 0 aliphatic heterocycles. The first-order valence-corrected chi connectivity index (χ1v) is 10.4. The van der Waals surface area contributed by atoms with E-state index in [1.165, 1.54) is 30.3 Å². The summed E-state index contributed by atoms with van der Waals surface area (Å²) in [6, 6.07) is 11.6. The van der Waals surface area contributed by atoms with E-state index in [4.69, 9.17) is 11.6 Å². The molecule has 0 radical (unpaired) electrons. The van der Waals surface area contributed by atoms with E-state index in [1.807, 2.05) is 19.0 Å². The summed E-state index contributed by atoms with van der Waals surface area (Å²) in [4.78, 5) is 10.9. The molecule has 11 heteroatoms. The first kappa shape index (κ1) is 24.4. The summed E-state index contributed by atoms with van der Waals surface area (Å²) in [5.41, 5.74) is 1.28. The molecule has 1 aromatic heterocycles. The molecule has 7 nitrogen and oxygen atoms in total. The van der Waals surface area contributed by atoms with Crippen LogP contribution in [0.3, 0.4) is 0 Å². The van der Waals surface area contributed by atoms with Crippen LogP contribution in [0.1, 0.15) is 6.42 Å². The van der Waals surface area contributed by atoms with Gasteiger partial charge in [-0.05, 0) is 51.3 Å². The lowest BCUT2D eigenvalue weighted by atomic mass is 10.1. The number of nitrogens with one attached hydrogen (secondary N) is 2. The SMILES string of the molecule is CN(C)CCCNc1nc(Nc2ccc(O)cc2Cl)cc(-c2cccc(OC(F)(F)F)c2)n1. The molecule has 0 amide bonds. The molecule has 0 aliphatic rings. The number of alkyl halides is 3. The Balaban J connectivity index is 1.92. The van der Waals surface area contributed by atoms with Crippen LogP contribution < -0.4 is 15.4 Å². The maximum atomic E-state index is 12.6. The van der Waals surface area contributed by atoms with Crippen LogP contribution in [0.15, 0.2) is 48.5 Å². The second kappa shape index (κ2) is 10.6. The first-order chi connectivity index (χ1) is 15.6. The number of ether oxygens (including phenoxy) is 1. The van der Waals surface area contributed by atoms with Gasteiger partial charge in [0.15, 0.2) is 0 Å². The minimum atomic E-state index is -4.80. The zero-order valence-corrected chi connectivity index (χ0v) is 18.7. The van der Waals surface area contributed by atoms with Gasteiger partial charge in [0.2, 0.25) is 5.95 Å². The van der Waals surface area contributed by atoms with Crippen molar-refractivity contribution < 1.29 is 23.0 Å². The summed E-state index contributed by atoms with van der Waals surface area (Å²) >= 11 is 6.18. The highest BCUT2D eigenvalue weighted by molar-refractivity contribution is 6.33. The van der Waals surface area contributed by atoms with E-state index in [0.29, 0.717) is 35.3 Å². The quantitative estimate of drug-likeness (QED) is 0.274. The third-order valence-electron chi connectivity index (χ3n) is 4.37. The minimum absolute atomic E-state index is 0.0126. The van der Waals surface area contributed by atoms with E-state index in [-0.39, 0.29) is 16.5 Å². The van der Waals surface area contributed by atoms with Crippen molar-refractivity contribution in [2.45, 2.75) is 12.8 Å². The van der Waals surface area contributed by atoms with E-state index >= 15 is 0 Å². The summed E-state index contributed by atoms with van der Waals surface area (Å²) in [5.74, 6) is 0.324. The smallest absolute Gasteiger partial charge is 0.508 e. The molecule has 3 N–H and O–H groups in total. The van der Waals surface area contributed by atoms with E-state index in [9.17, 15) is 18.3 Å². The molecule has 3 aromatic rings. The Morgan fingerprint density at radius 1 is 1.09 bits per heavy atom. The van der Waals surface area contributed by atoms with E-state index < -0.39 is 6.36 Å². The molecule has 0 atom stereocenters. The molecule has 0 spiro atoms. The van der Waals surface area contributed by atoms with Crippen LogP contribution in [0, 0.1) is 0 Å². The Morgan fingerprint density at radius 3 is 2.58 bits per heavy atom. The zero-order valence-electron chi connectivity index (χ0n) is 17.9. The maximum absolute atomic E-state index is 12.6. The highest BCUT2D eigenvalue weighted by Gasteiger charge is 2.31. The fourth-order valence-electron chi connectivity index (χ4n) is 2.93. The standard InChI is InChI=1S/C22H23ClF3N5O2/c1-31(2)10-4-9-27-21-29-19(14-5-3-6-16(11-14)33-22(24,25)26)13-20(30-21)28-18-8-7-15(32)12-17(18)23/h3,5-8,11-13,32H,4,9-10H2,1-2H3,(H2,27,28,29,30). The molecule has 0 saturated carbocycles. The molecule has 0 bridgehead atoms. The Morgan fingerprint density at radius 2 is 1.88 bits per heavy atom. The number of nitrogens with zero attached hydrogens (tertiary/aromatic N) is 3. The van der Waals surface area contributed by atoms with Gasteiger partial charge in [0.1, 0.15) is 17.3 Å². The zero-order chi connectivity index (χ0) is 24.0. The van der Waals surface area contributed by atoms with Gasteiger partial charge < -0.3 is 25.4 Å². The Labute approximate surface area is 194 Å². The number of phenolic OH excluding ortho intramolecular Hbond substituents is 1. The predicted molar refractivity (Wildman–Crippen MR) is 122 cm³/mol. The van der Waals surface area contributed by atoms with Crippen LogP contribution in [0.4, 0.5) is 30.6 Å². The van der Waals surface area contributed by atoms with Crippen molar-refractivity contribution in [1.29, 1.82) is 0 Å². The van der Waals surface area contributed by atoms with Crippen molar-refractivity contribution in [3.8, 4) is 22.8 Å². The normalized spacial score (nSPS) is 11.5. The van der Waals surface area contributed by atoms with Crippen LogP contribution in [0.5, 0.6) is 11.5 Å². The molecular formula is C22H23ClF3N5O2. The van der Waals surface area contributed by atoms with Crippen molar-refractivity contribution in [1.82, 2.24) is 14.9 Å². The largest absolute Gasteiger partial charge is 0.573 e. The van der Waals surface area contributed by atoms with Crippen LogP contribution in [-0.2, 0) is 0 Å². The van der Waals surface area contributed by atoms with Crippen LogP contribution >= 0.6 is 11.6 Å². The van der Waals surface area contributed by atoms with Gasteiger partial charge in [0.25, 0.3) is 0 Å². The number of phenols is 1. The van der Waals surface area contributed by atoms with Gasteiger partial charge in [-0.2, -0.15) is 4.98 Å². The monoisotopic (exact) mass is 481 g/mol. The molecule has 0 fully saturated rings. The van der Waals surface area contributed by atoms with Gasteiger partial charge in [-0.3, -0.25) is 0 Å². The second-order valence-electron chi connectivity index (χ2n) is 7.41. The Kier molecular flexibility index (Phi) is 7.83. The molecule has 3 rings (SSSR count). The summed E-state index contributed by atoms with van der Waals surface area (Å²) < 4.78 is 41.9. The van der Waals surface area contributed by atoms with Gasteiger partial charge in [0, 0.05) is 24.2 Å². The number of anilines is 3.